The molecule has 0 aromatic carbocycles. The number of nitrogens with one attached hydrogen (secondary N) is 1. The molecule has 0 radical (unpaired) electrons. The lowest BCUT2D eigenvalue weighted by Gasteiger charge is -2.07. The summed E-state index contributed by atoms with van der Waals surface area (Å²) in [6.45, 7) is 6.78. The fourth-order valence-electron chi connectivity index (χ4n) is 1.57. The Hall–Kier alpha value is -1.91. The van der Waals surface area contributed by atoms with Gasteiger partial charge in [-0.15, -0.1) is 0 Å². The molecule has 2 rings (SSSR count). The molecule has 90 valence electrons. The number of anilines is 1. The Morgan fingerprint density at radius 3 is 2.76 bits per heavy atom. The van der Waals surface area contributed by atoms with Gasteiger partial charge in [0.15, 0.2) is 0 Å². The molecule has 5 nitrogen and oxygen atoms in total. The lowest BCUT2D eigenvalue weighted by atomic mass is 10.2. The summed E-state index contributed by atoms with van der Waals surface area (Å²) < 4.78 is 1.47. The molecule has 0 saturated carbocycles. The fraction of sp³-hybridized carbons (Fsp3) is 0.417. The monoisotopic (exact) mass is 232 g/mol. The van der Waals surface area contributed by atoms with Crippen molar-refractivity contribution in [1.82, 2.24) is 14.4 Å². The standard InChI is InChI=1S/C12H16N4O/c1-4-5-13-11-14-10-6-8(2)9(3)7-16(10)12(17)15-11/h6-7H,4-5H2,1-3H3,(H,13,15,17). The van der Waals surface area contributed by atoms with E-state index in [0.717, 1.165) is 24.1 Å². The van der Waals surface area contributed by atoms with Crippen LogP contribution in [0.2, 0.25) is 0 Å². The van der Waals surface area contributed by atoms with Gasteiger partial charge >= 0.3 is 5.69 Å². The van der Waals surface area contributed by atoms with Crippen molar-refractivity contribution in [3.05, 3.63) is 33.9 Å². The average molecular weight is 232 g/mol. The molecule has 0 aliphatic carbocycles. The van der Waals surface area contributed by atoms with Crippen LogP contribution in [-0.2, 0) is 0 Å². The average Bonchev–Trinajstić information content (AvgIpc) is 2.29. The normalized spacial score (nSPS) is 10.8. The van der Waals surface area contributed by atoms with Crippen molar-refractivity contribution >= 4 is 11.6 Å². The van der Waals surface area contributed by atoms with Crippen molar-refractivity contribution in [1.29, 1.82) is 0 Å². The number of hydrogen-bond acceptors (Lipinski definition) is 4. The van der Waals surface area contributed by atoms with Crippen LogP contribution in [-0.4, -0.2) is 20.9 Å². The van der Waals surface area contributed by atoms with Gasteiger partial charge in [0.25, 0.3) is 0 Å². The van der Waals surface area contributed by atoms with Crippen molar-refractivity contribution in [3.8, 4) is 0 Å². The smallest absolute Gasteiger partial charge is 0.354 e. The highest BCUT2D eigenvalue weighted by molar-refractivity contribution is 5.46. The number of fused-ring (bicyclic) bond motifs is 1. The molecule has 0 unspecified atom stereocenters. The fourth-order valence-corrected chi connectivity index (χ4v) is 1.57. The molecule has 2 aromatic heterocycles. The molecule has 0 atom stereocenters. The zero-order valence-electron chi connectivity index (χ0n) is 10.3. The largest absolute Gasteiger partial charge is 0.356 e. The van der Waals surface area contributed by atoms with E-state index in [-0.39, 0.29) is 5.69 Å². The first kappa shape index (κ1) is 11.6. The SMILES string of the molecule is CCCNc1nc(=O)n2cc(C)c(C)cc2n1. The van der Waals surface area contributed by atoms with Gasteiger partial charge in [0.1, 0.15) is 5.65 Å². The second kappa shape index (κ2) is 4.53. The third kappa shape index (κ3) is 2.27. The molecule has 0 aliphatic rings. The van der Waals surface area contributed by atoms with E-state index in [4.69, 9.17) is 0 Å². The minimum absolute atomic E-state index is 0.295. The Labute approximate surface area is 99.5 Å². The molecule has 0 spiro atoms. The van der Waals surface area contributed by atoms with Gasteiger partial charge in [-0.1, -0.05) is 6.92 Å². The van der Waals surface area contributed by atoms with E-state index in [0.29, 0.717) is 11.6 Å². The van der Waals surface area contributed by atoms with Gasteiger partial charge in [0, 0.05) is 12.7 Å². The summed E-state index contributed by atoms with van der Waals surface area (Å²) in [4.78, 5) is 20.0. The van der Waals surface area contributed by atoms with Crippen LogP contribution >= 0.6 is 0 Å². The van der Waals surface area contributed by atoms with E-state index in [2.05, 4.69) is 22.2 Å². The number of rotatable bonds is 3. The molecular weight excluding hydrogens is 216 g/mol. The first-order valence-corrected chi connectivity index (χ1v) is 5.73. The minimum atomic E-state index is -0.295. The molecule has 2 aromatic rings. The number of nitrogens with zero attached hydrogens (tertiary/aromatic N) is 3. The molecule has 0 bridgehead atoms. The van der Waals surface area contributed by atoms with Crippen LogP contribution in [0.1, 0.15) is 24.5 Å². The van der Waals surface area contributed by atoms with Gasteiger partial charge in [0.05, 0.1) is 0 Å². The van der Waals surface area contributed by atoms with Crippen LogP contribution in [0.5, 0.6) is 0 Å². The van der Waals surface area contributed by atoms with Crippen LogP contribution in [0.4, 0.5) is 5.95 Å². The Bertz CT molecular complexity index is 603. The zero-order valence-corrected chi connectivity index (χ0v) is 10.3. The number of aryl methyl sites for hydroxylation is 2. The van der Waals surface area contributed by atoms with Gasteiger partial charge in [0.2, 0.25) is 5.95 Å². The summed E-state index contributed by atoms with van der Waals surface area (Å²) >= 11 is 0. The van der Waals surface area contributed by atoms with E-state index in [9.17, 15) is 4.79 Å². The lowest BCUT2D eigenvalue weighted by molar-refractivity contribution is 0.900. The molecule has 0 saturated heterocycles. The minimum Gasteiger partial charge on any atom is -0.354 e. The van der Waals surface area contributed by atoms with E-state index < -0.39 is 0 Å². The van der Waals surface area contributed by atoms with Gasteiger partial charge in [-0.05, 0) is 37.5 Å². The van der Waals surface area contributed by atoms with E-state index in [1.165, 1.54) is 4.40 Å². The summed E-state index contributed by atoms with van der Waals surface area (Å²) in [7, 11) is 0. The zero-order chi connectivity index (χ0) is 12.4. The Kier molecular flexibility index (Phi) is 3.08. The van der Waals surface area contributed by atoms with Gasteiger partial charge in [-0.2, -0.15) is 9.97 Å². The number of hydrogen-bond donors (Lipinski definition) is 1. The maximum atomic E-state index is 11.8. The molecule has 0 aliphatic heterocycles. The molecule has 0 fully saturated rings. The van der Waals surface area contributed by atoms with Crippen LogP contribution in [0.25, 0.3) is 5.65 Å². The summed E-state index contributed by atoms with van der Waals surface area (Å²) in [5, 5.41) is 3.03. The number of pyridine rings is 1. The van der Waals surface area contributed by atoms with Gasteiger partial charge in [-0.25, -0.2) is 4.79 Å². The van der Waals surface area contributed by atoms with Gasteiger partial charge < -0.3 is 5.32 Å². The van der Waals surface area contributed by atoms with E-state index >= 15 is 0 Å². The third-order valence-electron chi connectivity index (χ3n) is 2.70. The van der Waals surface area contributed by atoms with Crippen molar-refractivity contribution in [2.24, 2.45) is 0 Å². The van der Waals surface area contributed by atoms with Crippen LogP contribution in [0.15, 0.2) is 17.1 Å². The quantitative estimate of drug-likeness (QED) is 0.871. The van der Waals surface area contributed by atoms with Crippen LogP contribution < -0.4 is 11.0 Å². The maximum absolute atomic E-state index is 11.8. The van der Waals surface area contributed by atoms with Crippen molar-refractivity contribution in [3.63, 3.8) is 0 Å². The van der Waals surface area contributed by atoms with Crippen LogP contribution in [0, 0.1) is 13.8 Å². The molecule has 17 heavy (non-hydrogen) atoms. The summed E-state index contributed by atoms with van der Waals surface area (Å²) in [5.41, 5.74) is 2.51. The molecular formula is C12H16N4O. The summed E-state index contributed by atoms with van der Waals surface area (Å²) in [6, 6.07) is 1.90. The Morgan fingerprint density at radius 2 is 2.06 bits per heavy atom. The second-order valence-corrected chi connectivity index (χ2v) is 4.12. The van der Waals surface area contributed by atoms with Gasteiger partial charge in [-0.3, -0.25) is 4.40 Å². The molecule has 0 amide bonds. The predicted molar refractivity (Wildman–Crippen MR) is 67.5 cm³/mol. The Balaban J connectivity index is 2.57. The molecule has 5 heteroatoms. The van der Waals surface area contributed by atoms with Crippen molar-refractivity contribution < 1.29 is 0 Å². The third-order valence-corrected chi connectivity index (χ3v) is 2.70. The highest BCUT2D eigenvalue weighted by Crippen LogP contribution is 2.08. The van der Waals surface area contributed by atoms with Crippen LogP contribution in [0.3, 0.4) is 0 Å². The second-order valence-electron chi connectivity index (χ2n) is 4.12. The summed E-state index contributed by atoms with van der Waals surface area (Å²) in [6.07, 6.45) is 2.74. The van der Waals surface area contributed by atoms with Crippen molar-refractivity contribution in [2.45, 2.75) is 27.2 Å². The topological polar surface area (TPSA) is 59.3 Å². The highest BCUT2D eigenvalue weighted by Gasteiger charge is 2.04. The number of aromatic nitrogens is 3. The maximum Gasteiger partial charge on any atom is 0.356 e. The predicted octanol–water partition coefficient (Wildman–Crippen LogP) is 1.53. The Morgan fingerprint density at radius 1 is 1.29 bits per heavy atom. The first-order valence-electron chi connectivity index (χ1n) is 5.73. The summed E-state index contributed by atoms with van der Waals surface area (Å²) in [5.74, 6) is 0.403. The molecule has 2 heterocycles. The molecule has 1 N–H and O–H groups in total. The highest BCUT2D eigenvalue weighted by atomic mass is 16.1. The lowest BCUT2D eigenvalue weighted by Crippen LogP contribution is -2.21. The van der Waals surface area contributed by atoms with E-state index in [1.54, 1.807) is 6.20 Å². The van der Waals surface area contributed by atoms with Crippen molar-refractivity contribution in [2.75, 3.05) is 11.9 Å². The first-order chi connectivity index (χ1) is 8.11. The van der Waals surface area contributed by atoms with E-state index in [1.807, 2.05) is 19.9 Å².